The second-order valence-corrected chi connectivity index (χ2v) is 8.76. The predicted molar refractivity (Wildman–Crippen MR) is 89.1 cm³/mol. The molecule has 1 atom stereocenters. The summed E-state index contributed by atoms with van der Waals surface area (Å²) in [5, 5.41) is 9.16. The Labute approximate surface area is 150 Å². The Balaban J connectivity index is 1.64. The summed E-state index contributed by atoms with van der Waals surface area (Å²) in [5.41, 5.74) is 0.249. The van der Waals surface area contributed by atoms with Crippen molar-refractivity contribution in [2.45, 2.75) is 36.6 Å². The summed E-state index contributed by atoms with van der Waals surface area (Å²) in [7, 11) is -3.92. The number of hydrogen-bond acceptors (Lipinski definition) is 5. The molecule has 0 spiro atoms. The van der Waals surface area contributed by atoms with Crippen molar-refractivity contribution in [3.63, 3.8) is 0 Å². The van der Waals surface area contributed by atoms with Crippen molar-refractivity contribution in [2.75, 3.05) is 13.1 Å². The number of carboxylic acids is 1. The van der Waals surface area contributed by atoms with E-state index in [0.717, 1.165) is 4.31 Å². The van der Waals surface area contributed by atoms with E-state index in [-0.39, 0.29) is 28.6 Å². The van der Waals surface area contributed by atoms with Crippen LogP contribution in [0.2, 0.25) is 0 Å². The maximum absolute atomic E-state index is 12.7. The number of likely N-dealkylation sites (tertiary alicyclic amines) is 1. The van der Waals surface area contributed by atoms with Crippen molar-refractivity contribution in [1.29, 1.82) is 0 Å². The number of rotatable bonds is 3. The zero-order valence-electron chi connectivity index (χ0n) is 13.9. The van der Waals surface area contributed by atoms with E-state index in [1.807, 2.05) is 0 Å². The van der Waals surface area contributed by atoms with E-state index in [1.165, 1.54) is 23.1 Å². The predicted octanol–water partition coefficient (Wildman–Crippen LogP) is 0.930. The summed E-state index contributed by atoms with van der Waals surface area (Å²) in [6, 6.07) is 3.79. The molecule has 138 valence electrons. The Bertz CT molecular complexity index is 921. The van der Waals surface area contributed by atoms with Crippen LogP contribution >= 0.6 is 0 Å². The van der Waals surface area contributed by atoms with Gasteiger partial charge in [0.15, 0.2) is 0 Å². The molecule has 3 aliphatic rings. The summed E-state index contributed by atoms with van der Waals surface area (Å²) in [6.07, 6.45) is 2.42. The zero-order valence-corrected chi connectivity index (χ0v) is 14.7. The normalized spacial score (nSPS) is 24.5. The highest BCUT2D eigenvalue weighted by molar-refractivity contribution is 7.90. The van der Waals surface area contributed by atoms with Crippen LogP contribution in [0.25, 0.3) is 0 Å². The van der Waals surface area contributed by atoms with E-state index >= 15 is 0 Å². The van der Waals surface area contributed by atoms with E-state index in [2.05, 4.69) is 0 Å². The minimum absolute atomic E-state index is 0.0931. The van der Waals surface area contributed by atoms with Gasteiger partial charge in [-0.25, -0.2) is 12.7 Å². The van der Waals surface area contributed by atoms with Crippen LogP contribution in [0.15, 0.2) is 23.1 Å². The lowest BCUT2D eigenvalue weighted by Crippen LogP contribution is -2.42. The molecule has 0 aromatic heterocycles. The molecule has 2 aliphatic heterocycles. The standard InChI is InChI=1S/C17H18N2O6S/c20-15(18-7-1-2-11(9-18)17(22)23)10-3-6-13-14(8-10)26(24,25)19(16(13)21)12-4-5-12/h3,6,8,11-12H,1-2,4-5,7,9H2,(H,22,23)/t11-/m0/s1. The zero-order chi connectivity index (χ0) is 18.6. The van der Waals surface area contributed by atoms with E-state index in [0.29, 0.717) is 32.2 Å². The molecule has 1 aromatic carbocycles. The van der Waals surface area contributed by atoms with Crippen LogP contribution in [0.3, 0.4) is 0 Å². The molecule has 2 fully saturated rings. The van der Waals surface area contributed by atoms with Crippen molar-refractivity contribution < 1.29 is 27.9 Å². The third kappa shape index (κ3) is 2.57. The number of carboxylic acid groups (broad SMARTS) is 1. The molecule has 1 aromatic rings. The molecule has 1 saturated carbocycles. The first kappa shape index (κ1) is 17.0. The van der Waals surface area contributed by atoms with E-state index in [4.69, 9.17) is 5.11 Å². The highest BCUT2D eigenvalue weighted by Gasteiger charge is 2.49. The van der Waals surface area contributed by atoms with Crippen molar-refractivity contribution in [3.05, 3.63) is 29.3 Å². The number of nitrogens with zero attached hydrogens (tertiary/aromatic N) is 2. The third-order valence-electron chi connectivity index (χ3n) is 5.13. The summed E-state index contributed by atoms with van der Waals surface area (Å²) in [4.78, 5) is 37.6. The van der Waals surface area contributed by atoms with Gasteiger partial charge in [0.1, 0.15) is 4.90 Å². The van der Waals surface area contributed by atoms with E-state index in [1.54, 1.807) is 0 Å². The van der Waals surface area contributed by atoms with Gasteiger partial charge in [0.05, 0.1) is 11.5 Å². The van der Waals surface area contributed by atoms with Gasteiger partial charge >= 0.3 is 5.97 Å². The minimum Gasteiger partial charge on any atom is -0.481 e. The van der Waals surface area contributed by atoms with Crippen LogP contribution in [0.1, 0.15) is 46.4 Å². The fraction of sp³-hybridized carbons (Fsp3) is 0.471. The Kier molecular flexibility index (Phi) is 3.80. The van der Waals surface area contributed by atoms with Gasteiger partial charge in [-0.2, -0.15) is 0 Å². The summed E-state index contributed by atoms with van der Waals surface area (Å²) >= 11 is 0. The number of carbonyl (C=O) groups excluding carboxylic acids is 2. The molecule has 1 N–H and O–H groups in total. The van der Waals surface area contributed by atoms with Gasteiger partial charge in [0.2, 0.25) is 0 Å². The van der Waals surface area contributed by atoms with Crippen LogP contribution in [-0.2, 0) is 14.8 Å². The Hall–Kier alpha value is -2.42. The average molecular weight is 378 g/mol. The average Bonchev–Trinajstić information content (AvgIpc) is 3.42. The molecular formula is C17H18N2O6S. The molecule has 8 nitrogen and oxygen atoms in total. The molecule has 1 aliphatic carbocycles. The number of aliphatic carboxylic acids is 1. The Morgan fingerprint density at radius 1 is 1.15 bits per heavy atom. The maximum atomic E-state index is 12.7. The number of hydrogen-bond donors (Lipinski definition) is 1. The van der Waals surface area contributed by atoms with Crippen LogP contribution < -0.4 is 0 Å². The van der Waals surface area contributed by atoms with Crippen LogP contribution in [0.4, 0.5) is 0 Å². The highest BCUT2D eigenvalue weighted by Crippen LogP contribution is 2.39. The first-order valence-corrected chi connectivity index (χ1v) is 9.99. The molecule has 0 unspecified atom stereocenters. The van der Waals surface area contributed by atoms with Crippen LogP contribution in [0.5, 0.6) is 0 Å². The number of piperidine rings is 1. The summed E-state index contributed by atoms with van der Waals surface area (Å²) in [6.45, 7) is 0.532. The van der Waals surface area contributed by atoms with Crippen LogP contribution in [0, 0.1) is 5.92 Å². The van der Waals surface area contributed by atoms with Crippen molar-refractivity contribution >= 4 is 27.8 Å². The number of amides is 2. The molecule has 9 heteroatoms. The number of carbonyl (C=O) groups is 3. The first-order valence-electron chi connectivity index (χ1n) is 8.55. The van der Waals surface area contributed by atoms with Crippen molar-refractivity contribution in [1.82, 2.24) is 9.21 Å². The maximum Gasteiger partial charge on any atom is 0.308 e. The lowest BCUT2D eigenvalue weighted by atomic mass is 9.97. The van der Waals surface area contributed by atoms with Crippen molar-refractivity contribution in [3.8, 4) is 0 Å². The lowest BCUT2D eigenvalue weighted by Gasteiger charge is -2.30. The van der Waals surface area contributed by atoms with Gasteiger partial charge in [0, 0.05) is 24.7 Å². The fourth-order valence-corrected chi connectivity index (χ4v) is 5.44. The molecule has 2 heterocycles. The smallest absolute Gasteiger partial charge is 0.308 e. The van der Waals surface area contributed by atoms with Gasteiger partial charge in [-0.05, 0) is 43.9 Å². The second-order valence-electron chi connectivity index (χ2n) is 6.98. The number of sulfonamides is 1. The molecule has 0 bridgehead atoms. The fourth-order valence-electron chi connectivity index (χ4n) is 3.60. The quantitative estimate of drug-likeness (QED) is 0.837. The Morgan fingerprint density at radius 3 is 2.54 bits per heavy atom. The topological polar surface area (TPSA) is 112 Å². The van der Waals surface area contributed by atoms with Gasteiger partial charge in [-0.15, -0.1) is 0 Å². The van der Waals surface area contributed by atoms with Gasteiger partial charge in [-0.3, -0.25) is 14.4 Å². The van der Waals surface area contributed by atoms with Gasteiger partial charge in [-0.1, -0.05) is 0 Å². The number of fused-ring (bicyclic) bond motifs is 1. The largest absolute Gasteiger partial charge is 0.481 e. The summed E-state index contributed by atoms with van der Waals surface area (Å²) in [5.74, 6) is -2.50. The monoisotopic (exact) mass is 378 g/mol. The lowest BCUT2D eigenvalue weighted by molar-refractivity contribution is -0.143. The molecule has 4 rings (SSSR count). The first-order chi connectivity index (χ1) is 12.3. The van der Waals surface area contributed by atoms with E-state index in [9.17, 15) is 22.8 Å². The Morgan fingerprint density at radius 2 is 1.88 bits per heavy atom. The molecular weight excluding hydrogens is 360 g/mol. The molecule has 26 heavy (non-hydrogen) atoms. The SMILES string of the molecule is O=C(O)[C@H]1CCCN(C(=O)c2ccc3c(c2)S(=O)(=O)N(C2CC2)C3=O)C1. The van der Waals surface area contributed by atoms with Crippen molar-refractivity contribution in [2.24, 2.45) is 5.92 Å². The highest BCUT2D eigenvalue weighted by atomic mass is 32.2. The van der Waals surface area contributed by atoms with Crippen LogP contribution in [-0.4, -0.2) is 59.6 Å². The second kappa shape index (κ2) is 5.80. The molecule has 1 saturated heterocycles. The van der Waals surface area contributed by atoms with E-state index < -0.39 is 33.7 Å². The molecule has 2 amide bonds. The summed E-state index contributed by atoms with van der Waals surface area (Å²) < 4.78 is 26.3. The number of benzene rings is 1. The minimum atomic E-state index is -3.92. The van der Waals surface area contributed by atoms with Gasteiger partial charge in [0.25, 0.3) is 21.8 Å². The molecule has 0 radical (unpaired) electrons. The third-order valence-corrected chi connectivity index (χ3v) is 7.01. The van der Waals surface area contributed by atoms with Gasteiger partial charge < -0.3 is 10.0 Å².